The predicted octanol–water partition coefficient (Wildman–Crippen LogP) is 3.72. The molecule has 0 spiro atoms. The summed E-state index contributed by atoms with van der Waals surface area (Å²) < 4.78 is 40.9. The largest absolute Gasteiger partial charge is 0.346 e. The fourth-order valence-electron chi connectivity index (χ4n) is 2.78. The molecule has 0 bridgehead atoms. The van der Waals surface area contributed by atoms with E-state index >= 15 is 0 Å². The van der Waals surface area contributed by atoms with Gasteiger partial charge in [0.15, 0.2) is 0 Å². The lowest BCUT2D eigenvalue weighted by Gasteiger charge is -2.06. The molecule has 0 amide bonds. The van der Waals surface area contributed by atoms with Crippen LogP contribution in [0.25, 0.3) is 22.2 Å². The Hall–Kier alpha value is -2.93. The number of nitrogens with zero attached hydrogens (tertiary/aromatic N) is 2. The molecule has 7 heteroatoms. The van der Waals surface area contributed by atoms with Crippen molar-refractivity contribution in [2.45, 2.75) is 11.8 Å². The van der Waals surface area contributed by atoms with Crippen LogP contribution in [-0.2, 0) is 10.0 Å². The lowest BCUT2D eigenvalue weighted by atomic mass is 10.1. The van der Waals surface area contributed by atoms with Gasteiger partial charge in [-0.05, 0) is 31.2 Å². The molecule has 4 rings (SSSR count). The molecule has 0 radical (unpaired) electrons. The van der Waals surface area contributed by atoms with Crippen molar-refractivity contribution in [3.8, 4) is 11.1 Å². The third kappa shape index (κ3) is 2.53. The zero-order valence-corrected chi connectivity index (χ0v) is 14.1. The summed E-state index contributed by atoms with van der Waals surface area (Å²) in [6.07, 6.45) is 5.63. The van der Waals surface area contributed by atoms with Gasteiger partial charge in [-0.2, -0.15) is 0 Å². The third-order valence-corrected chi connectivity index (χ3v) is 5.74. The van der Waals surface area contributed by atoms with Gasteiger partial charge in [0.1, 0.15) is 11.5 Å². The van der Waals surface area contributed by atoms with Gasteiger partial charge in [-0.3, -0.25) is 0 Å². The zero-order chi connectivity index (χ0) is 17.6. The maximum absolute atomic E-state index is 14.3. The summed E-state index contributed by atoms with van der Waals surface area (Å²) in [7, 11) is -3.72. The molecule has 0 aliphatic heterocycles. The van der Waals surface area contributed by atoms with Crippen LogP contribution in [0.1, 0.15) is 5.56 Å². The molecule has 0 atom stereocenters. The second-order valence-corrected chi connectivity index (χ2v) is 7.61. The second kappa shape index (κ2) is 5.56. The molecule has 25 heavy (non-hydrogen) atoms. The van der Waals surface area contributed by atoms with Crippen LogP contribution < -0.4 is 0 Å². The van der Waals surface area contributed by atoms with E-state index in [1.807, 2.05) is 6.92 Å². The standard InChI is InChI=1S/C18H14FN3O2S/c1-12-2-4-14(5-3-12)25(23,24)22-9-7-13(11-22)17-15-6-8-20-18(15)21-10-16(17)19/h2-11H,1H3,(H,20,21). The third-order valence-electron chi connectivity index (χ3n) is 4.09. The summed E-state index contributed by atoms with van der Waals surface area (Å²) in [6.45, 7) is 1.89. The van der Waals surface area contributed by atoms with Gasteiger partial charge in [-0.15, -0.1) is 0 Å². The summed E-state index contributed by atoms with van der Waals surface area (Å²) in [5, 5.41) is 0.602. The molecule has 0 saturated heterocycles. The average Bonchev–Trinajstić information content (AvgIpc) is 3.24. The number of pyridine rings is 1. The Bertz CT molecular complexity index is 1170. The van der Waals surface area contributed by atoms with Crippen LogP contribution in [-0.4, -0.2) is 22.4 Å². The number of H-pyrrole nitrogens is 1. The summed E-state index contributed by atoms with van der Waals surface area (Å²) in [5.41, 5.74) is 2.32. The molecular formula is C18H14FN3O2S. The molecule has 0 fully saturated rings. The molecule has 3 heterocycles. The first-order valence-electron chi connectivity index (χ1n) is 7.59. The van der Waals surface area contributed by atoms with Crippen molar-refractivity contribution in [3.63, 3.8) is 0 Å². The van der Waals surface area contributed by atoms with Gasteiger partial charge in [0.2, 0.25) is 0 Å². The van der Waals surface area contributed by atoms with Crippen LogP contribution in [0.15, 0.2) is 66.1 Å². The highest BCUT2D eigenvalue weighted by molar-refractivity contribution is 7.90. The zero-order valence-electron chi connectivity index (χ0n) is 13.3. The van der Waals surface area contributed by atoms with Crippen LogP contribution in [0.3, 0.4) is 0 Å². The van der Waals surface area contributed by atoms with E-state index in [0.717, 1.165) is 15.7 Å². The van der Waals surface area contributed by atoms with Crippen molar-refractivity contribution in [2.75, 3.05) is 0 Å². The van der Waals surface area contributed by atoms with Gasteiger partial charge in [0, 0.05) is 35.1 Å². The molecule has 1 N–H and O–H groups in total. The monoisotopic (exact) mass is 355 g/mol. The molecule has 0 saturated carbocycles. The van der Waals surface area contributed by atoms with E-state index in [0.29, 0.717) is 22.2 Å². The smallest absolute Gasteiger partial charge is 0.267 e. The van der Waals surface area contributed by atoms with Gasteiger partial charge < -0.3 is 4.98 Å². The number of halogens is 1. The van der Waals surface area contributed by atoms with Crippen molar-refractivity contribution in [2.24, 2.45) is 0 Å². The van der Waals surface area contributed by atoms with E-state index < -0.39 is 15.8 Å². The highest BCUT2D eigenvalue weighted by Crippen LogP contribution is 2.31. The Morgan fingerprint density at radius 1 is 1.12 bits per heavy atom. The fraction of sp³-hybridized carbons (Fsp3) is 0.0556. The van der Waals surface area contributed by atoms with E-state index in [1.54, 1.807) is 42.6 Å². The summed E-state index contributed by atoms with van der Waals surface area (Å²) >= 11 is 0. The molecule has 4 aromatic rings. The Balaban J connectivity index is 1.84. The highest BCUT2D eigenvalue weighted by Gasteiger charge is 2.19. The van der Waals surface area contributed by atoms with Gasteiger partial charge in [-0.25, -0.2) is 21.8 Å². The minimum absolute atomic E-state index is 0.183. The van der Waals surface area contributed by atoms with Crippen molar-refractivity contribution in [1.29, 1.82) is 0 Å². The number of aromatic amines is 1. The number of nitrogens with one attached hydrogen (secondary N) is 1. The van der Waals surface area contributed by atoms with Crippen LogP contribution >= 0.6 is 0 Å². The number of aromatic nitrogens is 3. The summed E-state index contributed by atoms with van der Waals surface area (Å²) in [5.74, 6) is -0.502. The van der Waals surface area contributed by atoms with Crippen molar-refractivity contribution in [1.82, 2.24) is 13.9 Å². The minimum atomic E-state index is -3.72. The molecule has 0 aliphatic carbocycles. The molecular weight excluding hydrogens is 341 g/mol. The van der Waals surface area contributed by atoms with Gasteiger partial charge >= 0.3 is 0 Å². The summed E-state index contributed by atoms with van der Waals surface area (Å²) in [4.78, 5) is 7.09. The van der Waals surface area contributed by atoms with Gasteiger partial charge in [0.05, 0.1) is 11.1 Å². The van der Waals surface area contributed by atoms with Crippen LogP contribution in [0.4, 0.5) is 4.39 Å². The number of benzene rings is 1. The van der Waals surface area contributed by atoms with Crippen LogP contribution in [0.2, 0.25) is 0 Å². The van der Waals surface area contributed by atoms with E-state index in [4.69, 9.17) is 0 Å². The van der Waals surface area contributed by atoms with E-state index in [9.17, 15) is 12.8 Å². The maximum atomic E-state index is 14.3. The van der Waals surface area contributed by atoms with Crippen LogP contribution in [0, 0.1) is 12.7 Å². The predicted molar refractivity (Wildman–Crippen MR) is 93.2 cm³/mol. The fourth-order valence-corrected chi connectivity index (χ4v) is 3.98. The number of aryl methyl sites for hydroxylation is 1. The average molecular weight is 355 g/mol. The normalized spacial score (nSPS) is 11.9. The summed E-state index contributed by atoms with van der Waals surface area (Å²) in [6, 6.07) is 9.89. The first kappa shape index (κ1) is 15.6. The van der Waals surface area contributed by atoms with Gasteiger partial charge in [-0.1, -0.05) is 17.7 Å². The van der Waals surface area contributed by atoms with E-state index in [2.05, 4.69) is 9.97 Å². The molecule has 0 unspecified atom stereocenters. The number of hydrogen-bond donors (Lipinski definition) is 1. The Morgan fingerprint density at radius 3 is 2.64 bits per heavy atom. The SMILES string of the molecule is Cc1ccc(S(=O)(=O)n2ccc(-c3c(F)cnc4[nH]ccc34)c2)cc1. The lowest BCUT2D eigenvalue weighted by molar-refractivity contribution is 0.587. The van der Waals surface area contributed by atoms with Crippen molar-refractivity contribution < 1.29 is 12.8 Å². The minimum Gasteiger partial charge on any atom is -0.346 e. The Labute approximate surface area is 143 Å². The Kier molecular flexibility index (Phi) is 3.47. The number of hydrogen-bond acceptors (Lipinski definition) is 3. The molecule has 1 aromatic carbocycles. The molecule has 5 nitrogen and oxygen atoms in total. The molecule has 126 valence electrons. The highest BCUT2D eigenvalue weighted by atomic mass is 32.2. The second-order valence-electron chi connectivity index (χ2n) is 5.77. The quantitative estimate of drug-likeness (QED) is 0.609. The first-order chi connectivity index (χ1) is 12.0. The van der Waals surface area contributed by atoms with Crippen molar-refractivity contribution in [3.05, 3.63) is 72.6 Å². The first-order valence-corrected chi connectivity index (χ1v) is 9.03. The Morgan fingerprint density at radius 2 is 1.88 bits per heavy atom. The molecule has 0 aliphatic rings. The van der Waals surface area contributed by atoms with E-state index in [1.165, 1.54) is 12.4 Å². The maximum Gasteiger partial charge on any atom is 0.267 e. The lowest BCUT2D eigenvalue weighted by Crippen LogP contribution is -2.10. The number of rotatable bonds is 3. The topological polar surface area (TPSA) is 67.8 Å². The van der Waals surface area contributed by atoms with Crippen LogP contribution in [0.5, 0.6) is 0 Å². The van der Waals surface area contributed by atoms with Gasteiger partial charge in [0.25, 0.3) is 10.0 Å². The molecule has 3 aromatic heterocycles. The van der Waals surface area contributed by atoms with E-state index in [-0.39, 0.29) is 4.90 Å². The number of fused-ring (bicyclic) bond motifs is 1. The van der Waals surface area contributed by atoms with Crippen molar-refractivity contribution >= 4 is 21.1 Å².